The smallest absolute Gasteiger partial charge is 0.175 e. The number of benzene rings is 1. The maximum atomic E-state index is 11.9. The van der Waals surface area contributed by atoms with Gasteiger partial charge < -0.3 is 10.2 Å². The third-order valence-corrected chi connectivity index (χ3v) is 7.47. The largest absolute Gasteiger partial charge is 0.366 e. The Morgan fingerprint density at radius 3 is 2.58 bits per heavy atom. The molecule has 2 fully saturated rings. The zero-order chi connectivity index (χ0) is 21.4. The summed E-state index contributed by atoms with van der Waals surface area (Å²) >= 11 is 0. The molecule has 0 atom stereocenters. The lowest BCUT2D eigenvalue weighted by atomic mass is 10.0. The molecule has 0 unspecified atom stereocenters. The van der Waals surface area contributed by atoms with E-state index in [1.807, 2.05) is 24.5 Å². The summed E-state index contributed by atoms with van der Waals surface area (Å²) in [6.45, 7) is 6.38. The number of piperazine rings is 1. The Hall–Kier alpha value is -2.49. The summed E-state index contributed by atoms with van der Waals surface area (Å²) in [4.78, 5) is 9.89. The number of rotatable bonds is 4. The molecule has 0 amide bonds. The fourth-order valence-electron chi connectivity index (χ4n) is 4.57. The fraction of sp³-hybridized carbons (Fsp3) is 0.455. The molecule has 2 aromatic heterocycles. The predicted octanol–water partition coefficient (Wildman–Crippen LogP) is 1.67. The van der Waals surface area contributed by atoms with E-state index in [1.54, 1.807) is 22.7 Å². The molecular weight excluding hydrogens is 412 g/mol. The van der Waals surface area contributed by atoms with Gasteiger partial charge in [-0.2, -0.15) is 5.10 Å². The lowest BCUT2D eigenvalue weighted by molar-refractivity contribution is 0.153. The Labute approximate surface area is 182 Å². The van der Waals surface area contributed by atoms with Gasteiger partial charge >= 0.3 is 0 Å². The summed E-state index contributed by atoms with van der Waals surface area (Å²) in [6.07, 6.45) is 7.63. The van der Waals surface area contributed by atoms with Crippen molar-refractivity contribution in [2.24, 2.45) is 0 Å². The van der Waals surface area contributed by atoms with E-state index in [0.717, 1.165) is 56.2 Å². The average molecular weight is 441 g/mol. The first kappa shape index (κ1) is 20.4. The van der Waals surface area contributed by atoms with Gasteiger partial charge in [0.2, 0.25) is 0 Å². The second kappa shape index (κ2) is 8.22. The van der Waals surface area contributed by atoms with Crippen LogP contribution in [0.25, 0.3) is 16.9 Å². The van der Waals surface area contributed by atoms with Gasteiger partial charge in [-0.1, -0.05) is 12.1 Å². The molecule has 31 heavy (non-hydrogen) atoms. The highest BCUT2D eigenvalue weighted by molar-refractivity contribution is 7.90. The number of hydrogen-bond donors (Lipinski definition) is 1. The van der Waals surface area contributed by atoms with E-state index in [0.29, 0.717) is 16.6 Å². The van der Waals surface area contributed by atoms with Gasteiger partial charge in [-0.25, -0.2) is 17.9 Å². The Morgan fingerprint density at radius 1 is 1.06 bits per heavy atom. The summed E-state index contributed by atoms with van der Waals surface area (Å²) in [5.41, 5.74) is 3.30. The molecule has 5 rings (SSSR count). The second-order valence-electron chi connectivity index (χ2n) is 8.45. The van der Waals surface area contributed by atoms with Crippen LogP contribution in [0.15, 0.2) is 47.6 Å². The quantitative estimate of drug-likeness (QED) is 0.661. The van der Waals surface area contributed by atoms with Crippen molar-refractivity contribution in [2.45, 2.75) is 23.8 Å². The molecule has 1 aromatic carbocycles. The molecular formula is C22H28N6O2S. The van der Waals surface area contributed by atoms with Crippen molar-refractivity contribution in [1.82, 2.24) is 24.8 Å². The molecule has 0 radical (unpaired) electrons. The number of aromatic nitrogens is 3. The molecule has 2 aliphatic heterocycles. The molecule has 2 saturated heterocycles. The van der Waals surface area contributed by atoms with Crippen LogP contribution < -0.4 is 10.2 Å². The van der Waals surface area contributed by atoms with Crippen LogP contribution in [0.3, 0.4) is 0 Å². The van der Waals surface area contributed by atoms with Crippen molar-refractivity contribution in [1.29, 1.82) is 0 Å². The average Bonchev–Trinajstić information content (AvgIpc) is 3.23. The van der Waals surface area contributed by atoms with Crippen LogP contribution in [0.5, 0.6) is 0 Å². The fourth-order valence-corrected chi connectivity index (χ4v) is 5.24. The van der Waals surface area contributed by atoms with E-state index in [2.05, 4.69) is 25.2 Å². The normalized spacial score (nSPS) is 19.2. The van der Waals surface area contributed by atoms with E-state index in [4.69, 9.17) is 0 Å². The first-order valence-corrected chi connectivity index (χ1v) is 12.7. The van der Waals surface area contributed by atoms with Crippen LogP contribution in [0.4, 0.5) is 5.69 Å². The summed E-state index contributed by atoms with van der Waals surface area (Å²) in [7, 11) is -3.26. The van der Waals surface area contributed by atoms with Crippen molar-refractivity contribution in [2.75, 3.05) is 50.4 Å². The van der Waals surface area contributed by atoms with Crippen LogP contribution >= 0.6 is 0 Å². The van der Waals surface area contributed by atoms with Gasteiger partial charge in [0, 0.05) is 50.1 Å². The summed E-state index contributed by atoms with van der Waals surface area (Å²) < 4.78 is 25.6. The third kappa shape index (κ3) is 4.30. The van der Waals surface area contributed by atoms with E-state index in [-0.39, 0.29) is 0 Å². The number of piperidine rings is 1. The molecule has 0 spiro atoms. The summed E-state index contributed by atoms with van der Waals surface area (Å²) in [5.74, 6) is 0. The van der Waals surface area contributed by atoms with Crippen molar-refractivity contribution >= 4 is 21.2 Å². The Morgan fingerprint density at radius 2 is 1.84 bits per heavy atom. The molecule has 4 heterocycles. The van der Waals surface area contributed by atoms with Gasteiger partial charge in [-0.3, -0.25) is 4.90 Å². The Bertz CT molecular complexity index is 1180. The molecule has 2 aliphatic rings. The van der Waals surface area contributed by atoms with Crippen molar-refractivity contribution < 1.29 is 8.42 Å². The topological polar surface area (TPSA) is 82.8 Å². The standard InChI is InChI=1S/C22H28N6O2S/c1-31(29,30)20-4-2-3-17(13-20)21-14-22-24-15-19(16-28(22)25-21)27-11-9-26(10-12-27)18-5-7-23-8-6-18/h2-4,13-16,18,23H,5-12H2,1H3. The van der Waals surface area contributed by atoms with Gasteiger partial charge in [0.15, 0.2) is 15.5 Å². The molecule has 8 nitrogen and oxygen atoms in total. The van der Waals surface area contributed by atoms with Crippen LogP contribution in [0.2, 0.25) is 0 Å². The molecule has 0 aliphatic carbocycles. The molecule has 1 N–H and O–H groups in total. The molecule has 0 saturated carbocycles. The Balaban J connectivity index is 1.33. The lowest BCUT2D eigenvalue weighted by Gasteiger charge is -2.41. The second-order valence-corrected chi connectivity index (χ2v) is 10.5. The van der Waals surface area contributed by atoms with Gasteiger partial charge in [-0.05, 0) is 38.1 Å². The van der Waals surface area contributed by atoms with Gasteiger partial charge in [0.25, 0.3) is 0 Å². The molecule has 9 heteroatoms. The number of nitrogens with zero attached hydrogens (tertiary/aromatic N) is 5. The van der Waals surface area contributed by atoms with Gasteiger partial charge in [0.05, 0.1) is 28.7 Å². The number of anilines is 1. The van der Waals surface area contributed by atoms with Crippen LogP contribution in [0, 0.1) is 0 Å². The highest BCUT2D eigenvalue weighted by atomic mass is 32.2. The number of hydrogen-bond acceptors (Lipinski definition) is 7. The third-order valence-electron chi connectivity index (χ3n) is 6.36. The van der Waals surface area contributed by atoms with E-state index in [1.165, 1.54) is 19.1 Å². The van der Waals surface area contributed by atoms with E-state index < -0.39 is 9.84 Å². The van der Waals surface area contributed by atoms with Crippen LogP contribution in [0.1, 0.15) is 12.8 Å². The molecule has 164 valence electrons. The summed E-state index contributed by atoms with van der Waals surface area (Å²) in [5, 5.41) is 8.11. The first-order chi connectivity index (χ1) is 15.0. The number of nitrogens with one attached hydrogen (secondary N) is 1. The maximum absolute atomic E-state index is 11.9. The summed E-state index contributed by atoms with van der Waals surface area (Å²) in [6, 6.07) is 9.49. The highest BCUT2D eigenvalue weighted by Gasteiger charge is 2.25. The number of sulfone groups is 1. The van der Waals surface area contributed by atoms with Crippen LogP contribution in [-0.4, -0.2) is 79.5 Å². The molecule has 0 bridgehead atoms. The first-order valence-electron chi connectivity index (χ1n) is 10.8. The van der Waals surface area contributed by atoms with E-state index >= 15 is 0 Å². The highest BCUT2D eigenvalue weighted by Crippen LogP contribution is 2.24. The van der Waals surface area contributed by atoms with Gasteiger partial charge in [-0.15, -0.1) is 0 Å². The SMILES string of the molecule is CS(=O)(=O)c1cccc(-c2cc3ncc(N4CCN(C5CCNCC5)CC4)cn3n2)c1. The van der Waals surface area contributed by atoms with E-state index in [9.17, 15) is 8.42 Å². The number of fused-ring (bicyclic) bond motifs is 1. The van der Waals surface area contributed by atoms with Crippen LogP contribution in [-0.2, 0) is 9.84 Å². The minimum Gasteiger partial charge on any atom is -0.366 e. The monoisotopic (exact) mass is 440 g/mol. The van der Waals surface area contributed by atoms with Crippen molar-refractivity contribution in [3.8, 4) is 11.3 Å². The Kier molecular flexibility index (Phi) is 5.41. The minimum absolute atomic E-state index is 0.294. The van der Waals surface area contributed by atoms with Gasteiger partial charge in [0.1, 0.15) is 0 Å². The zero-order valence-electron chi connectivity index (χ0n) is 17.7. The van der Waals surface area contributed by atoms with Crippen molar-refractivity contribution in [3.05, 3.63) is 42.7 Å². The zero-order valence-corrected chi connectivity index (χ0v) is 18.6. The maximum Gasteiger partial charge on any atom is 0.175 e. The van der Waals surface area contributed by atoms with Crippen molar-refractivity contribution in [3.63, 3.8) is 0 Å². The molecule has 3 aromatic rings. The predicted molar refractivity (Wildman–Crippen MR) is 121 cm³/mol. The minimum atomic E-state index is -3.26. The lowest BCUT2D eigenvalue weighted by Crippen LogP contribution is -2.52.